The lowest BCUT2D eigenvalue weighted by Crippen LogP contribution is -2.17. The normalized spacial score (nSPS) is 11.3. The summed E-state index contributed by atoms with van der Waals surface area (Å²) in [5, 5.41) is 6.93. The minimum absolute atomic E-state index is 0.283. The molecule has 24 heavy (non-hydrogen) atoms. The summed E-state index contributed by atoms with van der Waals surface area (Å²) in [4.78, 5) is 16.5. The number of hydrazone groups is 1. The lowest BCUT2D eigenvalue weighted by Gasteiger charge is -2.04. The molecule has 0 aliphatic carbocycles. The molecule has 3 rings (SSSR count). The van der Waals surface area contributed by atoms with Crippen molar-refractivity contribution in [1.82, 2.24) is 15.0 Å². The van der Waals surface area contributed by atoms with Gasteiger partial charge in [-0.15, -0.1) is 11.3 Å². The van der Waals surface area contributed by atoms with Gasteiger partial charge in [0, 0.05) is 28.5 Å². The number of rotatable bonds is 4. The Labute approximate surface area is 143 Å². The van der Waals surface area contributed by atoms with Crippen LogP contribution in [0, 0.1) is 27.7 Å². The SMILES string of the molecule is Cc1cc(C(=O)N/N=C\c2cc(C)n(-c3nccs3)c2C)c(C)o1. The Kier molecular flexibility index (Phi) is 4.35. The fraction of sp³-hybridized carbons (Fsp3) is 0.235. The van der Waals surface area contributed by atoms with Crippen LogP contribution in [0.1, 0.15) is 38.8 Å². The number of hydrogen-bond donors (Lipinski definition) is 1. The highest BCUT2D eigenvalue weighted by molar-refractivity contribution is 7.12. The monoisotopic (exact) mass is 342 g/mol. The average molecular weight is 342 g/mol. The number of aryl methyl sites for hydroxylation is 3. The van der Waals surface area contributed by atoms with Crippen LogP contribution in [0.5, 0.6) is 0 Å². The van der Waals surface area contributed by atoms with E-state index in [2.05, 4.69) is 20.1 Å². The fourth-order valence-electron chi connectivity index (χ4n) is 2.62. The molecular formula is C17H18N4O2S. The zero-order valence-electron chi connectivity index (χ0n) is 14.0. The molecule has 6 nitrogen and oxygen atoms in total. The van der Waals surface area contributed by atoms with E-state index in [9.17, 15) is 4.79 Å². The van der Waals surface area contributed by atoms with Crippen LogP contribution >= 0.6 is 11.3 Å². The predicted octanol–water partition coefficient (Wildman–Crippen LogP) is 3.52. The molecule has 0 aliphatic rings. The number of aromatic nitrogens is 2. The second-order valence-corrected chi connectivity index (χ2v) is 6.38. The Bertz CT molecular complexity index is 904. The van der Waals surface area contributed by atoms with Gasteiger partial charge in [-0.1, -0.05) is 0 Å². The molecule has 1 amide bonds. The van der Waals surface area contributed by atoms with E-state index < -0.39 is 0 Å². The maximum atomic E-state index is 12.1. The highest BCUT2D eigenvalue weighted by Crippen LogP contribution is 2.21. The predicted molar refractivity (Wildman–Crippen MR) is 94.2 cm³/mol. The number of carbonyl (C=O) groups is 1. The molecule has 0 spiro atoms. The number of nitrogens with zero attached hydrogens (tertiary/aromatic N) is 3. The zero-order valence-corrected chi connectivity index (χ0v) is 14.8. The fourth-order valence-corrected chi connectivity index (χ4v) is 3.37. The average Bonchev–Trinajstić information content (AvgIpc) is 3.21. The molecule has 1 N–H and O–H groups in total. The Morgan fingerprint density at radius 3 is 2.75 bits per heavy atom. The van der Waals surface area contributed by atoms with Gasteiger partial charge in [-0.05, 0) is 39.8 Å². The maximum Gasteiger partial charge on any atom is 0.274 e. The molecule has 3 aromatic rings. The summed E-state index contributed by atoms with van der Waals surface area (Å²) in [6.45, 7) is 7.58. The topological polar surface area (TPSA) is 72.4 Å². The van der Waals surface area contributed by atoms with E-state index in [1.165, 1.54) is 0 Å². The molecule has 7 heteroatoms. The van der Waals surface area contributed by atoms with Crippen molar-refractivity contribution in [1.29, 1.82) is 0 Å². The van der Waals surface area contributed by atoms with Gasteiger partial charge < -0.3 is 4.42 Å². The van der Waals surface area contributed by atoms with Crippen LogP contribution in [0.2, 0.25) is 0 Å². The minimum Gasteiger partial charge on any atom is -0.466 e. The Morgan fingerprint density at radius 2 is 2.12 bits per heavy atom. The number of thiazole rings is 1. The molecule has 0 fully saturated rings. The van der Waals surface area contributed by atoms with E-state index in [-0.39, 0.29) is 5.91 Å². The van der Waals surface area contributed by atoms with Crippen molar-refractivity contribution < 1.29 is 9.21 Å². The lowest BCUT2D eigenvalue weighted by atomic mass is 10.2. The minimum atomic E-state index is -0.283. The van der Waals surface area contributed by atoms with Crippen molar-refractivity contribution >= 4 is 23.5 Å². The third-order valence-electron chi connectivity index (χ3n) is 3.74. The van der Waals surface area contributed by atoms with Crippen LogP contribution in [0.3, 0.4) is 0 Å². The summed E-state index contributed by atoms with van der Waals surface area (Å²) >= 11 is 1.57. The van der Waals surface area contributed by atoms with Crippen molar-refractivity contribution in [2.24, 2.45) is 5.10 Å². The first-order chi connectivity index (χ1) is 11.5. The highest BCUT2D eigenvalue weighted by Gasteiger charge is 2.13. The van der Waals surface area contributed by atoms with Gasteiger partial charge >= 0.3 is 0 Å². The van der Waals surface area contributed by atoms with Gasteiger partial charge in [0.1, 0.15) is 11.5 Å². The molecule has 0 aromatic carbocycles. The number of amides is 1. The molecule has 3 aromatic heterocycles. The van der Waals surface area contributed by atoms with Crippen LogP contribution in [-0.4, -0.2) is 21.7 Å². The smallest absolute Gasteiger partial charge is 0.274 e. The second kappa shape index (κ2) is 6.45. The first-order valence-corrected chi connectivity index (χ1v) is 8.34. The van der Waals surface area contributed by atoms with Gasteiger partial charge in [0.25, 0.3) is 5.91 Å². The van der Waals surface area contributed by atoms with E-state index in [1.54, 1.807) is 43.7 Å². The van der Waals surface area contributed by atoms with E-state index in [1.807, 2.05) is 25.3 Å². The zero-order chi connectivity index (χ0) is 17.3. The van der Waals surface area contributed by atoms with Crippen molar-refractivity contribution in [3.8, 4) is 5.13 Å². The third-order valence-corrected chi connectivity index (χ3v) is 4.49. The first-order valence-electron chi connectivity index (χ1n) is 7.46. The Morgan fingerprint density at radius 1 is 1.33 bits per heavy atom. The summed E-state index contributed by atoms with van der Waals surface area (Å²) < 4.78 is 7.42. The highest BCUT2D eigenvalue weighted by atomic mass is 32.1. The molecule has 3 heterocycles. The van der Waals surface area contributed by atoms with Gasteiger partial charge in [0.2, 0.25) is 0 Å². The lowest BCUT2D eigenvalue weighted by molar-refractivity contribution is 0.0953. The van der Waals surface area contributed by atoms with Gasteiger partial charge in [-0.3, -0.25) is 9.36 Å². The molecule has 124 valence electrons. The molecule has 0 unspecified atom stereocenters. The molecule has 0 bridgehead atoms. The third kappa shape index (κ3) is 3.03. The van der Waals surface area contributed by atoms with Crippen LogP contribution in [-0.2, 0) is 0 Å². The van der Waals surface area contributed by atoms with E-state index in [0.29, 0.717) is 17.1 Å². The van der Waals surface area contributed by atoms with Crippen molar-refractivity contribution in [2.45, 2.75) is 27.7 Å². The summed E-state index contributed by atoms with van der Waals surface area (Å²) in [6.07, 6.45) is 3.43. The van der Waals surface area contributed by atoms with E-state index in [0.717, 1.165) is 22.1 Å². The summed E-state index contributed by atoms with van der Waals surface area (Å²) in [6, 6.07) is 3.72. The van der Waals surface area contributed by atoms with Gasteiger partial charge in [-0.25, -0.2) is 10.4 Å². The van der Waals surface area contributed by atoms with Gasteiger partial charge in [0.05, 0.1) is 11.8 Å². The number of nitrogens with one attached hydrogen (secondary N) is 1. The number of furan rings is 1. The number of hydrogen-bond acceptors (Lipinski definition) is 5. The van der Waals surface area contributed by atoms with Crippen LogP contribution in [0.15, 0.2) is 33.2 Å². The molecule has 0 radical (unpaired) electrons. The Balaban J connectivity index is 1.77. The van der Waals surface area contributed by atoms with E-state index in [4.69, 9.17) is 4.42 Å². The molecular weight excluding hydrogens is 324 g/mol. The van der Waals surface area contributed by atoms with Gasteiger partial charge in [0.15, 0.2) is 5.13 Å². The summed E-state index contributed by atoms with van der Waals surface area (Å²) in [5.41, 5.74) is 6.06. The van der Waals surface area contributed by atoms with Crippen molar-refractivity contribution in [3.05, 3.63) is 57.7 Å². The first kappa shape index (κ1) is 16.2. The molecule has 0 saturated carbocycles. The summed E-state index contributed by atoms with van der Waals surface area (Å²) in [5.74, 6) is 1.00. The Hall–Kier alpha value is -2.67. The van der Waals surface area contributed by atoms with Gasteiger partial charge in [-0.2, -0.15) is 5.10 Å². The largest absolute Gasteiger partial charge is 0.466 e. The standard InChI is InChI=1S/C17H18N4O2S/c1-10-7-14(12(3)21(10)17-18-5-6-24-17)9-19-20-16(22)15-8-11(2)23-13(15)4/h5-9H,1-4H3,(H,20,22)/b19-9-. The van der Waals surface area contributed by atoms with Crippen LogP contribution in [0.4, 0.5) is 0 Å². The molecule has 0 atom stereocenters. The number of carbonyl (C=O) groups excluding carboxylic acids is 1. The van der Waals surface area contributed by atoms with E-state index >= 15 is 0 Å². The quantitative estimate of drug-likeness (QED) is 0.582. The molecule has 0 aliphatic heterocycles. The van der Waals surface area contributed by atoms with Crippen molar-refractivity contribution in [3.63, 3.8) is 0 Å². The maximum absolute atomic E-state index is 12.1. The molecule has 0 saturated heterocycles. The van der Waals surface area contributed by atoms with Crippen LogP contribution in [0.25, 0.3) is 5.13 Å². The second-order valence-electron chi connectivity index (χ2n) is 5.50. The van der Waals surface area contributed by atoms with Crippen molar-refractivity contribution in [2.75, 3.05) is 0 Å². The van der Waals surface area contributed by atoms with Crippen LogP contribution < -0.4 is 5.43 Å². The summed E-state index contributed by atoms with van der Waals surface area (Å²) in [7, 11) is 0.